The third-order valence-corrected chi connectivity index (χ3v) is 3.43. The maximum Gasteiger partial charge on any atom is 0.263 e. The quantitative estimate of drug-likeness (QED) is 0.731. The van der Waals surface area contributed by atoms with E-state index in [1.807, 2.05) is 13.0 Å². The van der Waals surface area contributed by atoms with Crippen LogP contribution in [0.15, 0.2) is 6.07 Å². The lowest BCUT2D eigenvalue weighted by Crippen LogP contribution is -2.22. The van der Waals surface area contributed by atoms with Crippen molar-refractivity contribution < 1.29 is 4.79 Å². The first kappa shape index (κ1) is 13.8. The normalized spacial score (nSPS) is 10.6. The third-order valence-electron chi connectivity index (χ3n) is 2.33. The molecule has 0 fully saturated rings. The summed E-state index contributed by atoms with van der Waals surface area (Å²) in [6.07, 6.45) is 1.11. The molecule has 0 saturated carbocycles. The highest BCUT2D eigenvalue weighted by Gasteiger charge is 2.13. The SMILES string of the molecule is CCNC(=O)c1sc(NCCC(C)C)cc1N. The van der Waals surface area contributed by atoms with Gasteiger partial charge in [0.1, 0.15) is 4.88 Å². The van der Waals surface area contributed by atoms with Crippen LogP contribution in [0, 0.1) is 5.92 Å². The van der Waals surface area contributed by atoms with E-state index in [-0.39, 0.29) is 5.91 Å². The Hall–Kier alpha value is -1.23. The Kier molecular flexibility index (Phi) is 5.28. The number of hydrogen-bond acceptors (Lipinski definition) is 4. The van der Waals surface area contributed by atoms with Crippen LogP contribution >= 0.6 is 11.3 Å². The summed E-state index contributed by atoms with van der Waals surface area (Å²) in [5, 5.41) is 7.01. The van der Waals surface area contributed by atoms with Gasteiger partial charge in [-0.05, 0) is 25.3 Å². The number of nitrogens with one attached hydrogen (secondary N) is 2. The maximum atomic E-state index is 11.7. The van der Waals surface area contributed by atoms with Crippen LogP contribution in [0.2, 0.25) is 0 Å². The van der Waals surface area contributed by atoms with Crippen molar-refractivity contribution in [3.63, 3.8) is 0 Å². The van der Waals surface area contributed by atoms with Crippen molar-refractivity contribution in [1.29, 1.82) is 0 Å². The van der Waals surface area contributed by atoms with Crippen LogP contribution in [0.25, 0.3) is 0 Å². The lowest BCUT2D eigenvalue weighted by molar-refractivity contribution is 0.0960. The molecule has 0 bridgehead atoms. The largest absolute Gasteiger partial charge is 0.397 e. The molecule has 0 aliphatic heterocycles. The van der Waals surface area contributed by atoms with Gasteiger partial charge < -0.3 is 16.4 Å². The molecular formula is C12H21N3OS. The van der Waals surface area contributed by atoms with Gasteiger partial charge in [0.25, 0.3) is 5.91 Å². The van der Waals surface area contributed by atoms with E-state index in [1.54, 1.807) is 0 Å². The number of nitrogen functional groups attached to an aromatic ring is 1. The van der Waals surface area contributed by atoms with E-state index in [9.17, 15) is 4.79 Å². The van der Waals surface area contributed by atoms with Crippen molar-refractivity contribution in [3.05, 3.63) is 10.9 Å². The van der Waals surface area contributed by atoms with E-state index >= 15 is 0 Å². The van der Waals surface area contributed by atoms with Gasteiger partial charge in [0.05, 0.1) is 10.7 Å². The number of rotatable bonds is 6. The molecule has 96 valence electrons. The Bertz CT molecular complexity index is 374. The Morgan fingerprint density at radius 2 is 2.24 bits per heavy atom. The lowest BCUT2D eigenvalue weighted by atomic mass is 10.1. The zero-order valence-corrected chi connectivity index (χ0v) is 11.5. The lowest BCUT2D eigenvalue weighted by Gasteiger charge is -2.05. The molecule has 1 heterocycles. The van der Waals surface area contributed by atoms with Crippen LogP contribution in [-0.2, 0) is 0 Å². The topological polar surface area (TPSA) is 67.2 Å². The second kappa shape index (κ2) is 6.49. The number of anilines is 2. The molecule has 4 nitrogen and oxygen atoms in total. The third kappa shape index (κ3) is 4.26. The first-order valence-corrected chi connectivity index (χ1v) is 6.77. The molecule has 0 atom stereocenters. The molecule has 17 heavy (non-hydrogen) atoms. The minimum absolute atomic E-state index is 0.0908. The van der Waals surface area contributed by atoms with Crippen molar-refractivity contribution >= 4 is 27.9 Å². The van der Waals surface area contributed by atoms with E-state index in [1.165, 1.54) is 11.3 Å². The Morgan fingerprint density at radius 1 is 1.53 bits per heavy atom. The van der Waals surface area contributed by atoms with Crippen molar-refractivity contribution in [1.82, 2.24) is 5.32 Å². The monoisotopic (exact) mass is 255 g/mol. The van der Waals surface area contributed by atoms with Crippen molar-refractivity contribution in [2.45, 2.75) is 27.2 Å². The number of hydrogen-bond donors (Lipinski definition) is 3. The van der Waals surface area contributed by atoms with Gasteiger partial charge >= 0.3 is 0 Å². The fourth-order valence-electron chi connectivity index (χ4n) is 1.39. The van der Waals surface area contributed by atoms with Gasteiger partial charge in [-0.2, -0.15) is 0 Å². The first-order valence-electron chi connectivity index (χ1n) is 5.96. The summed E-state index contributed by atoms with van der Waals surface area (Å²) in [7, 11) is 0. The standard InChI is InChI=1S/C12H21N3OS/c1-4-14-12(16)11-9(13)7-10(17-11)15-6-5-8(2)3/h7-8,15H,4-6,13H2,1-3H3,(H,14,16). The van der Waals surface area contributed by atoms with Gasteiger partial charge in [-0.1, -0.05) is 13.8 Å². The molecule has 0 aliphatic rings. The van der Waals surface area contributed by atoms with E-state index in [2.05, 4.69) is 24.5 Å². The van der Waals surface area contributed by atoms with Gasteiger partial charge in [-0.25, -0.2) is 0 Å². The van der Waals surface area contributed by atoms with Crippen LogP contribution in [0.3, 0.4) is 0 Å². The van der Waals surface area contributed by atoms with Gasteiger partial charge in [0, 0.05) is 13.1 Å². The zero-order valence-electron chi connectivity index (χ0n) is 10.7. The molecule has 0 aliphatic carbocycles. The molecule has 1 aromatic rings. The van der Waals surface area contributed by atoms with Crippen molar-refractivity contribution in [2.75, 3.05) is 24.1 Å². The van der Waals surface area contributed by atoms with E-state index in [0.29, 0.717) is 23.0 Å². The number of carbonyl (C=O) groups is 1. The Balaban J connectivity index is 2.58. The molecule has 0 unspecified atom stereocenters. The highest BCUT2D eigenvalue weighted by atomic mass is 32.1. The highest BCUT2D eigenvalue weighted by Crippen LogP contribution is 2.29. The number of amides is 1. The average molecular weight is 255 g/mol. The van der Waals surface area contributed by atoms with Gasteiger partial charge in [-0.3, -0.25) is 4.79 Å². The number of carbonyl (C=O) groups excluding carboxylic acids is 1. The molecule has 5 heteroatoms. The molecule has 0 radical (unpaired) electrons. The fourth-order valence-corrected chi connectivity index (χ4v) is 2.32. The minimum Gasteiger partial charge on any atom is -0.397 e. The molecule has 1 aromatic heterocycles. The van der Waals surface area contributed by atoms with Crippen molar-refractivity contribution in [2.24, 2.45) is 5.92 Å². The van der Waals surface area contributed by atoms with E-state index in [4.69, 9.17) is 5.73 Å². The molecule has 0 spiro atoms. The molecule has 1 rings (SSSR count). The van der Waals surface area contributed by atoms with Crippen LogP contribution in [-0.4, -0.2) is 19.0 Å². The second-order valence-corrected chi connectivity index (χ2v) is 5.42. The maximum absolute atomic E-state index is 11.7. The molecule has 1 amide bonds. The molecule has 4 N–H and O–H groups in total. The Morgan fingerprint density at radius 3 is 2.82 bits per heavy atom. The average Bonchev–Trinajstić information content (AvgIpc) is 2.59. The minimum atomic E-state index is -0.0908. The van der Waals surface area contributed by atoms with E-state index < -0.39 is 0 Å². The molecular weight excluding hydrogens is 234 g/mol. The smallest absolute Gasteiger partial charge is 0.263 e. The zero-order chi connectivity index (χ0) is 12.8. The van der Waals surface area contributed by atoms with Crippen LogP contribution in [0.5, 0.6) is 0 Å². The summed E-state index contributed by atoms with van der Waals surface area (Å²) in [5.74, 6) is 0.578. The van der Waals surface area contributed by atoms with Gasteiger partial charge in [0.15, 0.2) is 0 Å². The fraction of sp³-hybridized carbons (Fsp3) is 0.583. The summed E-state index contributed by atoms with van der Waals surface area (Å²) in [6, 6.07) is 1.83. The predicted octanol–water partition coefficient (Wildman–Crippen LogP) is 2.54. The van der Waals surface area contributed by atoms with E-state index in [0.717, 1.165) is 18.0 Å². The van der Waals surface area contributed by atoms with Gasteiger partial charge in [0.2, 0.25) is 0 Å². The van der Waals surface area contributed by atoms with Gasteiger partial charge in [-0.15, -0.1) is 11.3 Å². The number of thiophene rings is 1. The summed E-state index contributed by atoms with van der Waals surface area (Å²) in [6.45, 7) is 7.79. The first-order chi connectivity index (χ1) is 8.04. The van der Waals surface area contributed by atoms with Crippen LogP contribution in [0.1, 0.15) is 36.9 Å². The number of nitrogens with two attached hydrogens (primary N) is 1. The summed E-state index contributed by atoms with van der Waals surface area (Å²) >= 11 is 1.41. The molecule has 0 saturated heterocycles. The summed E-state index contributed by atoms with van der Waals surface area (Å²) < 4.78 is 0. The second-order valence-electron chi connectivity index (χ2n) is 4.36. The highest BCUT2D eigenvalue weighted by molar-refractivity contribution is 7.18. The molecule has 0 aromatic carbocycles. The van der Waals surface area contributed by atoms with Crippen molar-refractivity contribution in [3.8, 4) is 0 Å². The van der Waals surface area contributed by atoms with Crippen LogP contribution in [0.4, 0.5) is 10.7 Å². The predicted molar refractivity (Wildman–Crippen MR) is 74.7 cm³/mol. The Labute approximate surface area is 107 Å². The van der Waals surface area contributed by atoms with Crippen LogP contribution < -0.4 is 16.4 Å². The summed E-state index contributed by atoms with van der Waals surface area (Å²) in [5.41, 5.74) is 6.36. The summed E-state index contributed by atoms with van der Waals surface area (Å²) in [4.78, 5) is 12.2.